The van der Waals surface area contributed by atoms with Gasteiger partial charge in [0.2, 0.25) is 5.91 Å². The lowest BCUT2D eigenvalue weighted by Crippen LogP contribution is -2.48. The summed E-state index contributed by atoms with van der Waals surface area (Å²) in [6.07, 6.45) is 0.891. The van der Waals surface area contributed by atoms with Gasteiger partial charge in [0, 0.05) is 0 Å². The number of carbonyl (C=O) groups is 1. The lowest BCUT2D eigenvalue weighted by molar-refractivity contribution is -0.124. The van der Waals surface area contributed by atoms with Crippen LogP contribution in [0.2, 0.25) is 0 Å². The molecule has 0 radical (unpaired) electrons. The third kappa shape index (κ3) is 5.05. The summed E-state index contributed by atoms with van der Waals surface area (Å²) < 4.78 is 5.84. The van der Waals surface area contributed by atoms with Gasteiger partial charge in [0.25, 0.3) is 0 Å². The Morgan fingerprint density at radius 3 is 2.38 bits per heavy atom. The minimum Gasteiger partial charge on any atom is -0.491 e. The van der Waals surface area contributed by atoms with Gasteiger partial charge < -0.3 is 15.8 Å². The fourth-order valence-corrected chi connectivity index (χ4v) is 2.13. The molecule has 3 atom stereocenters. The Hall–Kier alpha value is -1.55. The molecule has 0 bridgehead atoms. The number of carbonyl (C=O) groups excluding carboxylic acids is 1. The molecule has 3 N–H and O–H groups in total. The monoisotopic (exact) mass is 292 g/mol. The normalized spacial score (nSPS) is 15.1. The molecule has 1 aromatic carbocycles. The van der Waals surface area contributed by atoms with E-state index in [0.717, 1.165) is 23.3 Å². The van der Waals surface area contributed by atoms with E-state index in [4.69, 9.17) is 10.5 Å². The van der Waals surface area contributed by atoms with E-state index < -0.39 is 6.04 Å². The maximum absolute atomic E-state index is 12.0. The van der Waals surface area contributed by atoms with Gasteiger partial charge >= 0.3 is 0 Å². The molecule has 0 saturated heterocycles. The van der Waals surface area contributed by atoms with Crippen LogP contribution in [0.15, 0.2) is 18.2 Å². The molecule has 1 aromatic rings. The number of aryl methyl sites for hydroxylation is 2. The molecule has 118 valence electrons. The summed E-state index contributed by atoms with van der Waals surface area (Å²) in [5, 5.41) is 2.92. The van der Waals surface area contributed by atoms with E-state index >= 15 is 0 Å². The predicted octanol–water partition coefficient (Wildman–Crippen LogP) is 2.56. The molecule has 4 nitrogen and oxygen atoms in total. The fraction of sp³-hybridized carbons (Fsp3) is 0.588. The van der Waals surface area contributed by atoms with Crippen molar-refractivity contribution >= 4 is 5.91 Å². The second kappa shape index (κ2) is 8.03. The summed E-state index contributed by atoms with van der Waals surface area (Å²) in [5.41, 5.74) is 8.13. The van der Waals surface area contributed by atoms with Gasteiger partial charge in [0.15, 0.2) is 0 Å². The van der Waals surface area contributed by atoms with Gasteiger partial charge in [0.05, 0.1) is 12.1 Å². The average Bonchev–Trinajstić information content (AvgIpc) is 2.44. The number of hydrogen-bond donors (Lipinski definition) is 2. The van der Waals surface area contributed by atoms with Crippen molar-refractivity contribution in [2.75, 3.05) is 6.61 Å². The van der Waals surface area contributed by atoms with Crippen LogP contribution in [0.25, 0.3) is 0 Å². The lowest BCUT2D eigenvalue weighted by Gasteiger charge is -2.22. The van der Waals surface area contributed by atoms with Crippen LogP contribution in [0.1, 0.15) is 38.3 Å². The molecule has 0 spiro atoms. The van der Waals surface area contributed by atoms with Gasteiger partial charge in [-0.3, -0.25) is 4.79 Å². The van der Waals surface area contributed by atoms with Gasteiger partial charge in [-0.25, -0.2) is 0 Å². The van der Waals surface area contributed by atoms with Crippen molar-refractivity contribution in [3.63, 3.8) is 0 Å². The zero-order chi connectivity index (χ0) is 16.0. The molecule has 0 aromatic heterocycles. The van der Waals surface area contributed by atoms with Gasteiger partial charge in [-0.2, -0.15) is 0 Å². The molecule has 0 aliphatic heterocycles. The second-order valence-electron chi connectivity index (χ2n) is 5.85. The molecule has 0 aliphatic carbocycles. The Morgan fingerprint density at radius 1 is 1.29 bits per heavy atom. The molecule has 1 amide bonds. The first-order valence-corrected chi connectivity index (χ1v) is 7.61. The maximum Gasteiger partial charge on any atom is 0.237 e. The molecule has 0 aliphatic rings. The van der Waals surface area contributed by atoms with Gasteiger partial charge in [-0.1, -0.05) is 38.5 Å². The molecule has 1 rings (SSSR count). The molecule has 21 heavy (non-hydrogen) atoms. The number of amides is 1. The summed E-state index contributed by atoms with van der Waals surface area (Å²) >= 11 is 0. The maximum atomic E-state index is 12.0. The Labute approximate surface area is 128 Å². The Balaban J connectivity index is 2.51. The summed E-state index contributed by atoms with van der Waals surface area (Å²) in [6.45, 7) is 10.4. The van der Waals surface area contributed by atoms with Gasteiger partial charge in [-0.15, -0.1) is 0 Å². The van der Waals surface area contributed by atoms with Crippen LogP contribution in [0, 0.1) is 19.8 Å². The topological polar surface area (TPSA) is 64.4 Å². The van der Waals surface area contributed by atoms with Crippen LogP contribution in [-0.4, -0.2) is 24.6 Å². The van der Waals surface area contributed by atoms with Crippen molar-refractivity contribution in [1.29, 1.82) is 0 Å². The van der Waals surface area contributed by atoms with Crippen molar-refractivity contribution in [3.05, 3.63) is 29.3 Å². The highest BCUT2D eigenvalue weighted by atomic mass is 16.5. The van der Waals surface area contributed by atoms with Crippen molar-refractivity contribution < 1.29 is 9.53 Å². The number of benzene rings is 1. The van der Waals surface area contributed by atoms with E-state index in [1.807, 2.05) is 52.8 Å². The minimum absolute atomic E-state index is 0.0772. The zero-order valence-electron chi connectivity index (χ0n) is 13.8. The number of para-hydroxylation sites is 1. The largest absolute Gasteiger partial charge is 0.491 e. The third-order valence-corrected chi connectivity index (χ3v) is 3.83. The SMILES string of the molecule is CCC(C)C(N)C(=O)NC(C)COc1c(C)cccc1C. The van der Waals surface area contributed by atoms with E-state index in [1.165, 1.54) is 0 Å². The molecule has 0 fully saturated rings. The Bertz CT molecular complexity index is 454. The van der Waals surface area contributed by atoms with E-state index in [0.29, 0.717) is 6.61 Å². The third-order valence-electron chi connectivity index (χ3n) is 3.83. The summed E-state index contributed by atoms with van der Waals surface area (Å²) in [5.74, 6) is 0.962. The number of nitrogens with one attached hydrogen (secondary N) is 1. The smallest absolute Gasteiger partial charge is 0.237 e. The lowest BCUT2D eigenvalue weighted by atomic mass is 9.99. The number of ether oxygens (including phenoxy) is 1. The zero-order valence-corrected chi connectivity index (χ0v) is 13.8. The van der Waals surface area contributed by atoms with E-state index in [-0.39, 0.29) is 17.9 Å². The molecule has 0 heterocycles. The standard InChI is InChI=1S/C17H28N2O2/c1-6-11(2)15(18)17(20)19-14(5)10-21-16-12(3)8-7-9-13(16)4/h7-9,11,14-15H,6,10,18H2,1-5H3,(H,19,20). The first-order chi connectivity index (χ1) is 9.86. The summed E-state index contributed by atoms with van der Waals surface area (Å²) in [4.78, 5) is 12.0. The number of nitrogens with two attached hydrogens (primary N) is 1. The van der Waals surface area contributed by atoms with Crippen LogP contribution >= 0.6 is 0 Å². The average molecular weight is 292 g/mol. The highest BCUT2D eigenvalue weighted by molar-refractivity contribution is 5.82. The van der Waals surface area contributed by atoms with Crippen molar-refractivity contribution in [3.8, 4) is 5.75 Å². The van der Waals surface area contributed by atoms with E-state index in [2.05, 4.69) is 5.32 Å². The summed E-state index contributed by atoms with van der Waals surface area (Å²) in [6, 6.07) is 5.51. The van der Waals surface area contributed by atoms with Crippen LogP contribution in [-0.2, 0) is 4.79 Å². The minimum atomic E-state index is -0.461. The second-order valence-corrected chi connectivity index (χ2v) is 5.85. The Morgan fingerprint density at radius 2 is 1.86 bits per heavy atom. The van der Waals surface area contributed by atoms with Crippen LogP contribution in [0.3, 0.4) is 0 Å². The van der Waals surface area contributed by atoms with E-state index in [1.54, 1.807) is 0 Å². The number of hydrogen-bond acceptors (Lipinski definition) is 3. The first-order valence-electron chi connectivity index (χ1n) is 7.61. The molecule has 0 saturated carbocycles. The van der Waals surface area contributed by atoms with Gasteiger partial charge in [-0.05, 0) is 37.8 Å². The first kappa shape index (κ1) is 17.5. The molecule has 3 unspecified atom stereocenters. The molecule has 4 heteroatoms. The van der Waals surface area contributed by atoms with Crippen LogP contribution in [0.4, 0.5) is 0 Å². The molecular formula is C17H28N2O2. The van der Waals surface area contributed by atoms with Crippen molar-refractivity contribution in [2.24, 2.45) is 11.7 Å². The summed E-state index contributed by atoms with van der Waals surface area (Å²) in [7, 11) is 0. The predicted molar refractivity (Wildman–Crippen MR) is 86.4 cm³/mol. The molecular weight excluding hydrogens is 264 g/mol. The van der Waals surface area contributed by atoms with E-state index in [9.17, 15) is 4.79 Å². The fourth-order valence-electron chi connectivity index (χ4n) is 2.13. The van der Waals surface area contributed by atoms with Crippen molar-refractivity contribution in [1.82, 2.24) is 5.32 Å². The van der Waals surface area contributed by atoms with Crippen LogP contribution in [0.5, 0.6) is 5.75 Å². The number of rotatable bonds is 7. The highest BCUT2D eigenvalue weighted by Gasteiger charge is 2.21. The Kier molecular flexibility index (Phi) is 6.69. The quantitative estimate of drug-likeness (QED) is 0.812. The van der Waals surface area contributed by atoms with Crippen molar-refractivity contribution in [2.45, 2.75) is 53.1 Å². The van der Waals surface area contributed by atoms with Crippen LogP contribution < -0.4 is 15.8 Å². The van der Waals surface area contributed by atoms with Gasteiger partial charge in [0.1, 0.15) is 12.4 Å². The highest BCUT2D eigenvalue weighted by Crippen LogP contribution is 2.22.